The molecule has 3 N–H and O–H groups in total. The predicted octanol–water partition coefficient (Wildman–Crippen LogP) is 5.50. The maximum atomic E-state index is 12.8. The van der Waals surface area contributed by atoms with Crippen molar-refractivity contribution in [2.45, 2.75) is 0 Å². The summed E-state index contributed by atoms with van der Waals surface area (Å²) in [5.41, 5.74) is 7.31. The van der Waals surface area contributed by atoms with E-state index in [2.05, 4.69) is 10.3 Å². The van der Waals surface area contributed by atoms with E-state index in [1.807, 2.05) is 54.6 Å². The fourth-order valence-electron chi connectivity index (χ4n) is 2.80. The third-order valence-electron chi connectivity index (χ3n) is 4.28. The van der Waals surface area contributed by atoms with Gasteiger partial charge in [0.05, 0.1) is 7.11 Å². The van der Waals surface area contributed by atoms with E-state index in [0.717, 1.165) is 17.2 Å². The van der Waals surface area contributed by atoms with Gasteiger partial charge >= 0.3 is 0 Å². The largest absolute Gasteiger partial charge is 0.497 e. The van der Waals surface area contributed by atoms with Crippen molar-refractivity contribution in [3.05, 3.63) is 89.3 Å². The number of hydrogen-bond acceptors (Lipinski definition) is 7. The molecule has 0 unspecified atom stereocenters. The Morgan fingerprint density at radius 1 is 0.933 bits per heavy atom. The number of anilines is 3. The monoisotopic (exact) mass is 417 g/mol. The second-order valence-corrected chi connectivity index (χ2v) is 7.36. The van der Waals surface area contributed by atoms with Crippen molar-refractivity contribution in [3.8, 4) is 17.2 Å². The van der Waals surface area contributed by atoms with Crippen molar-refractivity contribution >= 4 is 33.8 Å². The van der Waals surface area contributed by atoms with Gasteiger partial charge in [0.1, 0.15) is 27.9 Å². The van der Waals surface area contributed by atoms with Crippen LogP contribution in [-0.2, 0) is 0 Å². The molecule has 0 aliphatic rings. The van der Waals surface area contributed by atoms with E-state index in [1.54, 1.807) is 31.4 Å². The number of carbonyl (C=O) groups is 1. The fourth-order valence-corrected chi connectivity index (χ4v) is 3.66. The molecule has 4 rings (SSSR count). The molecular formula is C23H19N3O3S. The summed E-state index contributed by atoms with van der Waals surface area (Å²) in [5.74, 6) is 2.11. The molecule has 0 aliphatic carbocycles. The van der Waals surface area contributed by atoms with Crippen LogP contribution in [0.4, 0.5) is 16.6 Å². The average molecular weight is 417 g/mol. The third-order valence-corrected chi connectivity index (χ3v) is 5.26. The van der Waals surface area contributed by atoms with Gasteiger partial charge in [-0.05, 0) is 48.5 Å². The van der Waals surface area contributed by atoms with Gasteiger partial charge in [-0.25, -0.2) is 4.98 Å². The van der Waals surface area contributed by atoms with Crippen LogP contribution in [0.15, 0.2) is 78.9 Å². The lowest BCUT2D eigenvalue weighted by molar-refractivity contribution is 0.104. The number of rotatable bonds is 7. The van der Waals surface area contributed by atoms with Crippen LogP contribution in [0.1, 0.15) is 15.2 Å². The molecule has 1 heterocycles. The van der Waals surface area contributed by atoms with Crippen molar-refractivity contribution in [1.82, 2.24) is 4.98 Å². The van der Waals surface area contributed by atoms with Crippen molar-refractivity contribution < 1.29 is 14.3 Å². The molecule has 0 aliphatic heterocycles. The van der Waals surface area contributed by atoms with E-state index in [9.17, 15) is 4.79 Å². The molecular weight excluding hydrogens is 398 g/mol. The number of hydrogen-bond donors (Lipinski definition) is 2. The highest BCUT2D eigenvalue weighted by Crippen LogP contribution is 2.31. The summed E-state index contributed by atoms with van der Waals surface area (Å²) in [5, 5.41) is 3.72. The Kier molecular flexibility index (Phi) is 5.63. The molecule has 0 saturated carbocycles. The third kappa shape index (κ3) is 4.42. The smallest absolute Gasteiger partial charge is 0.206 e. The van der Waals surface area contributed by atoms with Gasteiger partial charge in [0.2, 0.25) is 5.78 Å². The van der Waals surface area contributed by atoms with E-state index in [1.165, 1.54) is 11.3 Å². The van der Waals surface area contributed by atoms with Gasteiger partial charge in [-0.2, -0.15) is 0 Å². The number of nitrogens with two attached hydrogens (primary N) is 1. The van der Waals surface area contributed by atoms with Gasteiger partial charge in [-0.1, -0.05) is 41.7 Å². The molecule has 0 spiro atoms. The molecule has 150 valence electrons. The van der Waals surface area contributed by atoms with Gasteiger partial charge in [0.25, 0.3) is 0 Å². The van der Waals surface area contributed by atoms with Gasteiger partial charge in [-0.15, -0.1) is 0 Å². The lowest BCUT2D eigenvalue weighted by Gasteiger charge is -2.07. The van der Waals surface area contributed by atoms with Crippen LogP contribution < -0.4 is 20.5 Å². The Morgan fingerprint density at radius 2 is 1.63 bits per heavy atom. The lowest BCUT2D eigenvalue weighted by Crippen LogP contribution is -2.02. The second-order valence-electron chi connectivity index (χ2n) is 6.36. The van der Waals surface area contributed by atoms with Gasteiger partial charge in [-0.3, -0.25) is 4.79 Å². The standard InChI is InChI=1S/C23H19N3O3S/c1-28-19-9-5-6-15(14-19)20(27)21-22(24)26-23(30-21)25-16-10-12-18(13-11-16)29-17-7-3-2-4-8-17/h2-14H,24H2,1H3,(H,25,26). The van der Waals surface area contributed by atoms with E-state index in [-0.39, 0.29) is 11.6 Å². The average Bonchev–Trinajstić information content (AvgIpc) is 3.15. The normalized spacial score (nSPS) is 10.4. The summed E-state index contributed by atoms with van der Waals surface area (Å²) in [6, 6.07) is 24.0. The number of aromatic nitrogens is 1. The summed E-state index contributed by atoms with van der Waals surface area (Å²) in [7, 11) is 1.56. The fraction of sp³-hybridized carbons (Fsp3) is 0.0435. The highest BCUT2D eigenvalue weighted by Gasteiger charge is 2.18. The number of methoxy groups -OCH3 is 1. The SMILES string of the molecule is COc1cccc(C(=O)c2sc(Nc3ccc(Oc4ccccc4)cc3)nc2N)c1. The first-order valence-corrected chi connectivity index (χ1v) is 9.99. The number of ketones is 1. The minimum absolute atomic E-state index is 0.191. The predicted molar refractivity (Wildman–Crippen MR) is 119 cm³/mol. The first-order valence-electron chi connectivity index (χ1n) is 9.17. The second kappa shape index (κ2) is 8.67. The van der Waals surface area contributed by atoms with Crippen molar-refractivity contribution in [2.24, 2.45) is 0 Å². The van der Waals surface area contributed by atoms with E-state index >= 15 is 0 Å². The zero-order valence-electron chi connectivity index (χ0n) is 16.2. The molecule has 0 atom stereocenters. The van der Waals surface area contributed by atoms with Crippen molar-refractivity contribution in [2.75, 3.05) is 18.2 Å². The highest BCUT2D eigenvalue weighted by atomic mass is 32.1. The quantitative estimate of drug-likeness (QED) is 0.386. The van der Waals surface area contributed by atoms with Crippen LogP contribution in [0.2, 0.25) is 0 Å². The van der Waals surface area contributed by atoms with Crippen LogP contribution in [0, 0.1) is 0 Å². The maximum Gasteiger partial charge on any atom is 0.206 e. The minimum Gasteiger partial charge on any atom is -0.497 e. The molecule has 30 heavy (non-hydrogen) atoms. The van der Waals surface area contributed by atoms with Gasteiger partial charge in [0, 0.05) is 11.3 Å². The zero-order valence-corrected chi connectivity index (χ0v) is 17.0. The Balaban J connectivity index is 1.47. The Morgan fingerprint density at radius 3 is 2.37 bits per heavy atom. The molecule has 7 heteroatoms. The summed E-state index contributed by atoms with van der Waals surface area (Å²) >= 11 is 1.21. The van der Waals surface area contributed by atoms with E-state index < -0.39 is 0 Å². The maximum absolute atomic E-state index is 12.8. The molecule has 0 saturated heterocycles. The molecule has 0 radical (unpaired) electrons. The lowest BCUT2D eigenvalue weighted by atomic mass is 10.1. The van der Waals surface area contributed by atoms with Crippen LogP contribution in [-0.4, -0.2) is 17.9 Å². The Bertz CT molecular complexity index is 1160. The number of nitrogens with zero attached hydrogens (tertiary/aromatic N) is 1. The number of para-hydroxylation sites is 1. The molecule has 4 aromatic rings. The van der Waals surface area contributed by atoms with E-state index in [4.69, 9.17) is 15.2 Å². The van der Waals surface area contributed by atoms with E-state index in [0.29, 0.717) is 21.3 Å². The number of nitrogen functional groups attached to an aromatic ring is 1. The summed E-state index contributed by atoms with van der Waals surface area (Å²) in [6.07, 6.45) is 0. The van der Waals surface area contributed by atoms with Gasteiger partial charge < -0.3 is 20.5 Å². The van der Waals surface area contributed by atoms with Crippen LogP contribution in [0.25, 0.3) is 0 Å². The van der Waals surface area contributed by atoms with Crippen LogP contribution >= 0.6 is 11.3 Å². The van der Waals surface area contributed by atoms with Crippen molar-refractivity contribution in [1.29, 1.82) is 0 Å². The highest BCUT2D eigenvalue weighted by molar-refractivity contribution is 7.18. The summed E-state index contributed by atoms with van der Waals surface area (Å²) < 4.78 is 11.0. The number of carbonyl (C=O) groups excluding carboxylic acids is 1. The van der Waals surface area contributed by atoms with Crippen molar-refractivity contribution in [3.63, 3.8) is 0 Å². The molecule has 3 aromatic carbocycles. The van der Waals surface area contributed by atoms with Crippen LogP contribution in [0.5, 0.6) is 17.2 Å². The molecule has 1 aromatic heterocycles. The number of thiazole rings is 1. The summed E-state index contributed by atoms with van der Waals surface area (Å²) in [4.78, 5) is 17.5. The number of nitrogens with one attached hydrogen (secondary N) is 1. The summed E-state index contributed by atoms with van der Waals surface area (Å²) in [6.45, 7) is 0. The number of ether oxygens (including phenoxy) is 2. The molecule has 0 amide bonds. The first kappa shape index (κ1) is 19.5. The molecule has 0 fully saturated rings. The number of benzene rings is 3. The zero-order chi connectivity index (χ0) is 20.9. The first-order chi connectivity index (χ1) is 14.6. The van der Waals surface area contributed by atoms with Crippen LogP contribution in [0.3, 0.4) is 0 Å². The molecule has 0 bridgehead atoms. The minimum atomic E-state index is -0.191. The molecule has 6 nitrogen and oxygen atoms in total. The Hall–Kier alpha value is -3.84. The van der Waals surface area contributed by atoms with Gasteiger partial charge in [0.15, 0.2) is 5.13 Å². The topological polar surface area (TPSA) is 86.5 Å². The Labute approximate surface area is 177 Å².